The largest absolute Gasteiger partial charge is 0.491 e. The van der Waals surface area contributed by atoms with Crippen LogP contribution in [0.1, 0.15) is 29.8 Å². The molecule has 2 heterocycles. The van der Waals surface area contributed by atoms with E-state index in [4.69, 9.17) is 4.74 Å². The lowest BCUT2D eigenvalue weighted by molar-refractivity contribution is 0.0951. The molecule has 4 aromatic rings. The van der Waals surface area contributed by atoms with Crippen LogP contribution in [0, 0.1) is 0 Å². The molecular weight excluding hydrogens is 368 g/mol. The summed E-state index contributed by atoms with van der Waals surface area (Å²) in [7, 11) is 1.69. The second kappa shape index (κ2) is 7.43. The van der Waals surface area contributed by atoms with Crippen LogP contribution < -0.4 is 15.6 Å². The van der Waals surface area contributed by atoms with Crippen molar-refractivity contribution in [3.05, 3.63) is 76.2 Å². The van der Waals surface area contributed by atoms with Gasteiger partial charge in [0.2, 0.25) is 0 Å². The number of ether oxygens (including phenoxy) is 1. The van der Waals surface area contributed by atoms with Gasteiger partial charge in [-0.25, -0.2) is 4.52 Å². The summed E-state index contributed by atoms with van der Waals surface area (Å²) in [4.78, 5) is 25.1. The van der Waals surface area contributed by atoms with Gasteiger partial charge >= 0.3 is 0 Å². The number of rotatable bonds is 5. The van der Waals surface area contributed by atoms with Crippen LogP contribution in [0.2, 0.25) is 0 Å². The van der Waals surface area contributed by atoms with Gasteiger partial charge in [-0.2, -0.15) is 5.10 Å². The molecule has 7 heteroatoms. The molecule has 0 spiro atoms. The highest BCUT2D eigenvalue weighted by Crippen LogP contribution is 2.17. The first kappa shape index (κ1) is 18.7. The number of nitrogens with zero attached hydrogens (tertiary/aromatic N) is 3. The number of carbonyl (C=O) groups excluding carboxylic acids is 1. The average Bonchev–Trinajstić information content (AvgIpc) is 3.20. The maximum atomic E-state index is 12.6. The Morgan fingerprint density at radius 2 is 1.83 bits per heavy atom. The molecule has 0 atom stereocenters. The number of hydrogen-bond donors (Lipinski definition) is 1. The Hall–Kier alpha value is -3.61. The van der Waals surface area contributed by atoms with Crippen molar-refractivity contribution in [3.63, 3.8) is 0 Å². The molecule has 0 fully saturated rings. The zero-order chi connectivity index (χ0) is 20.5. The summed E-state index contributed by atoms with van der Waals surface area (Å²) in [5, 5.41) is 7.13. The smallest absolute Gasteiger partial charge is 0.276 e. The fourth-order valence-electron chi connectivity index (χ4n) is 3.29. The first-order valence-corrected chi connectivity index (χ1v) is 9.44. The Morgan fingerprint density at radius 3 is 2.55 bits per heavy atom. The minimum Gasteiger partial charge on any atom is -0.491 e. The Kier molecular flexibility index (Phi) is 4.80. The maximum absolute atomic E-state index is 12.6. The van der Waals surface area contributed by atoms with Crippen LogP contribution in [0.4, 0.5) is 0 Å². The predicted octanol–water partition coefficient (Wildman–Crippen LogP) is 2.90. The van der Waals surface area contributed by atoms with Crippen molar-refractivity contribution in [3.8, 4) is 5.75 Å². The highest BCUT2D eigenvalue weighted by atomic mass is 16.5. The standard InChI is InChI=1S/C22H22N4O3/c1-14(2)29-17-7-4-15(5-8-17)13-23-21(27)16-6-9-18-20(12-16)25(3)22(28)19-10-11-24-26(18)19/h4-12,14H,13H2,1-3H3,(H,23,27). The third kappa shape index (κ3) is 3.59. The van der Waals surface area contributed by atoms with Gasteiger partial charge in [0.15, 0.2) is 0 Å². The molecule has 0 saturated heterocycles. The van der Waals surface area contributed by atoms with Crippen molar-refractivity contribution in [2.24, 2.45) is 7.05 Å². The van der Waals surface area contributed by atoms with Crippen LogP contribution in [0.3, 0.4) is 0 Å². The van der Waals surface area contributed by atoms with Gasteiger partial charge in [0.1, 0.15) is 11.3 Å². The summed E-state index contributed by atoms with van der Waals surface area (Å²) >= 11 is 0. The number of hydrogen-bond acceptors (Lipinski definition) is 4. The molecule has 1 N–H and O–H groups in total. The summed E-state index contributed by atoms with van der Waals surface area (Å²) in [5.41, 5.74) is 3.22. The van der Waals surface area contributed by atoms with Crippen molar-refractivity contribution in [2.45, 2.75) is 26.5 Å². The molecule has 0 aliphatic heterocycles. The molecule has 4 rings (SSSR count). The van der Waals surface area contributed by atoms with E-state index in [1.54, 1.807) is 36.0 Å². The Morgan fingerprint density at radius 1 is 1.07 bits per heavy atom. The highest BCUT2D eigenvalue weighted by molar-refractivity contribution is 5.97. The fourth-order valence-corrected chi connectivity index (χ4v) is 3.29. The van der Waals surface area contributed by atoms with E-state index in [2.05, 4.69) is 10.4 Å². The molecule has 7 nitrogen and oxygen atoms in total. The maximum Gasteiger partial charge on any atom is 0.276 e. The van der Waals surface area contributed by atoms with Gasteiger partial charge in [0.05, 0.1) is 23.3 Å². The van der Waals surface area contributed by atoms with Crippen LogP contribution in [0.25, 0.3) is 16.6 Å². The predicted molar refractivity (Wildman–Crippen MR) is 111 cm³/mol. The van der Waals surface area contributed by atoms with E-state index in [1.165, 1.54) is 4.57 Å². The monoisotopic (exact) mass is 390 g/mol. The zero-order valence-corrected chi connectivity index (χ0v) is 16.5. The molecule has 2 aromatic carbocycles. The van der Waals surface area contributed by atoms with E-state index < -0.39 is 0 Å². The normalized spacial score (nSPS) is 11.3. The van der Waals surface area contributed by atoms with Crippen LogP contribution in [-0.4, -0.2) is 26.2 Å². The van der Waals surface area contributed by atoms with Crippen molar-refractivity contribution in [1.82, 2.24) is 19.5 Å². The second-order valence-electron chi connectivity index (χ2n) is 7.19. The first-order valence-electron chi connectivity index (χ1n) is 9.44. The van der Waals surface area contributed by atoms with Gasteiger partial charge in [-0.3, -0.25) is 9.59 Å². The lowest BCUT2D eigenvalue weighted by Crippen LogP contribution is -2.24. The van der Waals surface area contributed by atoms with E-state index >= 15 is 0 Å². The number of carbonyl (C=O) groups is 1. The van der Waals surface area contributed by atoms with E-state index in [9.17, 15) is 9.59 Å². The van der Waals surface area contributed by atoms with Gasteiger partial charge in [0.25, 0.3) is 11.5 Å². The number of aryl methyl sites for hydroxylation is 1. The van der Waals surface area contributed by atoms with Crippen molar-refractivity contribution in [2.75, 3.05) is 0 Å². The van der Waals surface area contributed by atoms with E-state index in [0.717, 1.165) is 16.8 Å². The number of fused-ring (bicyclic) bond motifs is 3. The minimum absolute atomic E-state index is 0.118. The van der Waals surface area contributed by atoms with Gasteiger partial charge in [0, 0.05) is 19.2 Å². The molecule has 148 valence electrons. The van der Waals surface area contributed by atoms with Crippen molar-refractivity contribution >= 4 is 22.5 Å². The van der Waals surface area contributed by atoms with Gasteiger partial charge < -0.3 is 14.6 Å². The summed E-state index contributed by atoms with van der Waals surface area (Å²) in [6, 6.07) is 14.6. The third-order valence-electron chi connectivity index (χ3n) is 4.74. The molecule has 1 amide bonds. The number of aromatic nitrogens is 3. The third-order valence-corrected chi connectivity index (χ3v) is 4.74. The Labute approximate surface area is 167 Å². The summed E-state index contributed by atoms with van der Waals surface area (Å²) in [6.07, 6.45) is 1.71. The SMILES string of the molecule is CC(C)Oc1ccc(CNC(=O)c2ccc3c(c2)n(C)c(=O)c2ccnn23)cc1. The molecule has 0 saturated carbocycles. The molecule has 0 radical (unpaired) electrons. The van der Waals surface area contributed by atoms with Crippen molar-refractivity contribution in [1.29, 1.82) is 0 Å². The second-order valence-corrected chi connectivity index (χ2v) is 7.19. The van der Waals surface area contributed by atoms with E-state index in [0.29, 0.717) is 23.1 Å². The summed E-state index contributed by atoms with van der Waals surface area (Å²) in [6.45, 7) is 4.35. The van der Waals surface area contributed by atoms with Gasteiger partial charge in [-0.05, 0) is 55.8 Å². The van der Waals surface area contributed by atoms with Crippen LogP contribution >= 0.6 is 0 Å². The van der Waals surface area contributed by atoms with Gasteiger partial charge in [-0.1, -0.05) is 12.1 Å². The lowest BCUT2D eigenvalue weighted by Gasteiger charge is -2.11. The first-order chi connectivity index (χ1) is 13.9. The van der Waals surface area contributed by atoms with Crippen LogP contribution in [0.5, 0.6) is 5.75 Å². The number of amides is 1. The Balaban J connectivity index is 1.55. The fraction of sp³-hybridized carbons (Fsp3) is 0.227. The minimum atomic E-state index is -0.206. The zero-order valence-electron chi connectivity index (χ0n) is 16.5. The van der Waals surface area contributed by atoms with E-state index in [1.807, 2.05) is 44.2 Å². The lowest BCUT2D eigenvalue weighted by atomic mass is 10.1. The molecule has 0 aliphatic rings. The molecule has 0 aliphatic carbocycles. The molecule has 0 unspecified atom stereocenters. The number of benzene rings is 2. The molecule has 2 aromatic heterocycles. The van der Waals surface area contributed by atoms with E-state index in [-0.39, 0.29) is 17.6 Å². The number of nitrogens with one attached hydrogen (secondary N) is 1. The summed E-state index contributed by atoms with van der Waals surface area (Å²) < 4.78 is 8.76. The molecule has 29 heavy (non-hydrogen) atoms. The average molecular weight is 390 g/mol. The molecular formula is C22H22N4O3. The van der Waals surface area contributed by atoms with Crippen LogP contribution in [-0.2, 0) is 13.6 Å². The van der Waals surface area contributed by atoms with Crippen molar-refractivity contribution < 1.29 is 9.53 Å². The Bertz CT molecular complexity index is 1250. The quantitative estimate of drug-likeness (QED) is 0.568. The highest BCUT2D eigenvalue weighted by Gasteiger charge is 2.12. The summed E-state index contributed by atoms with van der Waals surface area (Å²) in [5.74, 6) is 0.595. The van der Waals surface area contributed by atoms with Crippen LogP contribution in [0.15, 0.2) is 59.5 Å². The molecule has 0 bridgehead atoms. The van der Waals surface area contributed by atoms with Gasteiger partial charge in [-0.15, -0.1) is 0 Å². The topological polar surface area (TPSA) is 77.6 Å².